The van der Waals surface area contributed by atoms with Gasteiger partial charge in [0.15, 0.2) is 5.82 Å². The molecule has 2 heterocycles. The van der Waals surface area contributed by atoms with Crippen LogP contribution in [0.3, 0.4) is 0 Å². The van der Waals surface area contributed by atoms with E-state index in [-0.39, 0.29) is 17.7 Å². The lowest BCUT2D eigenvalue weighted by molar-refractivity contribution is -0.166. The molecule has 0 spiro atoms. The summed E-state index contributed by atoms with van der Waals surface area (Å²) in [6, 6.07) is 0. The number of carbonyl (C=O) groups is 1. The molecule has 6 atom stereocenters. The molecule has 0 amide bonds. The number of hydrogen-bond donors (Lipinski definition) is 0. The number of nitrogens with zero attached hydrogens (tertiary/aromatic N) is 2. The summed E-state index contributed by atoms with van der Waals surface area (Å²) in [5.41, 5.74) is -1.21. The number of esters is 1. The van der Waals surface area contributed by atoms with Crippen LogP contribution >= 0.6 is 11.8 Å². The highest BCUT2D eigenvalue weighted by Gasteiger charge is 2.39. The topological polar surface area (TPSA) is 70.4 Å². The van der Waals surface area contributed by atoms with Crippen molar-refractivity contribution < 1.29 is 18.7 Å². The summed E-state index contributed by atoms with van der Waals surface area (Å²) in [5.74, 6) is 0.598. The van der Waals surface area contributed by atoms with Gasteiger partial charge in [-0.05, 0) is 37.0 Å². The minimum atomic E-state index is -0.816. The van der Waals surface area contributed by atoms with E-state index in [0.717, 1.165) is 30.0 Å². The van der Waals surface area contributed by atoms with Crippen molar-refractivity contribution in [1.82, 2.24) is 9.55 Å². The largest absolute Gasteiger partial charge is 0.459 e. The monoisotopic (exact) mass is 440 g/mol. The predicted octanol–water partition coefficient (Wildman–Crippen LogP) is 4.49. The van der Waals surface area contributed by atoms with Gasteiger partial charge in [-0.1, -0.05) is 41.0 Å². The van der Waals surface area contributed by atoms with Gasteiger partial charge in [-0.15, -0.1) is 11.8 Å². The Morgan fingerprint density at radius 1 is 1.40 bits per heavy atom. The van der Waals surface area contributed by atoms with E-state index in [1.165, 1.54) is 11.8 Å². The first kappa shape index (κ1) is 23.3. The molecule has 2 fully saturated rings. The van der Waals surface area contributed by atoms with Crippen LogP contribution in [0.5, 0.6) is 0 Å². The van der Waals surface area contributed by atoms with E-state index in [4.69, 9.17) is 9.47 Å². The number of carbonyl (C=O) groups excluding carboxylic acids is 1. The van der Waals surface area contributed by atoms with Crippen LogP contribution in [-0.2, 0) is 14.3 Å². The first-order valence-electron chi connectivity index (χ1n) is 11.0. The zero-order valence-electron chi connectivity index (χ0n) is 18.5. The third kappa shape index (κ3) is 5.07. The van der Waals surface area contributed by atoms with Crippen LogP contribution in [-0.4, -0.2) is 32.8 Å². The number of hydrogen-bond acceptors (Lipinski definition) is 6. The van der Waals surface area contributed by atoms with E-state index >= 15 is 0 Å². The Morgan fingerprint density at radius 3 is 2.80 bits per heavy atom. The normalized spacial score (nSPS) is 30.4. The molecule has 1 aliphatic heterocycles. The van der Waals surface area contributed by atoms with Gasteiger partial charge in [0, 0.05) is 17.9 Å². The van der Waals surface area contributed by atoms with Crippen LogP contribution in [0.25, 0.3) is 0 Å². The molecule has 6 unspecified atom stereocenters. The average molecular weight is 441 g/mol. The van der Waals surface area contributed by atoms with Crippen molar-refractivity contribution in [2.75, 3.05) is 5.75 Å². The summed E-state index contributed by atoms with van der Waals surface area (Å²) in [4.78, 5) is 29.1. The van der Waals surface area contributed by atoms with Gasteiger partial charge in [0.25, 0.3) is 0 Å². The van der Waals surface area contributed by atoms with Crippen molar-refractivity contribution in [3.8, 4) is 0 Å². The fourth-order valence-corrected chi connectivity index (χ4v) is 5.30. The number of halogens is 1. The SMILES string of the molecule is CCC(C)c1nc(=O)n(C2CSC(C(=O)OC3CC(C)CCC3C(C)C)O2)cc1F. The van der Waals surface area contributed by atoms with E-state index < -0.39 is 29.1 Å². The summed E-state index contributed by atoms with van der Waals surface area (Å²) in [7, 11) is 0. The van der Waals surface area contributed by atoms with Gasteiger partial charge in [0.05, 0.1) is 5.69 Å². The Balaban J connectivity index is 1.67. The number of ether oxygens (including phenoxy) is 2. The minimum Gasteiger partial charge on any atom is -0.459 e. The maximum absolute atomic E-state index is 14.5. The number of aromatic nitrogens is 2. The average Bonchev–Trinajstić information content (AvgIpc) is 3.18. The lowest BCUT2D eigenvalue weighted by atomic mass is 9.75. The minimum absolute atomic E-state index is 0.110. The van der Waals surface area contributed by atoms with Crippen LogP contribution in [0, 0.1) is 23.6 Å². The predicted molar refractivity (Wildman–Crippen MR) is 115 cm³/mol. The summed E-state index contributed by atoms with van der Waals surface area (Å²) in [6.07, 6.45) is 4.06. The highest BCUT2D eigenvalue weighted by Crippen LogP contribution is 2.37. The molecule has 2 aliphatic rings. The molecule has 6 nitrogen and oxygen atoms in total. The molecule has 168 valence electrons. The van der Waals surface area contributed by atoms with E-state index in [0.29, 0.717) is 29.9 Å². The molecular weight excluding hydrogens is 407 g/mol. The Labute approximate surface area is 181 Å². The third-order valence-electron chi connectivity index (χ3n) is 6.42. The second-order valence-corrected chi connectivity index (χ2v) is 10.1. The molecule has 8 heteroatoms. The second-order valence-electron chi connectivity index (χ2n) is 9.03. The zero-order valence-corrected chi connectivity index (χ0v) is 19.3. The van der Waals surface area contributed by atoms with Crippen molar-refractivity contribution in [3.05, 3.63) is 28.2 Å². The lowest BCUT2D eigenvalue weighted by Crippen LogP contribution is -2.38. The highest BCUT2D eigenvalue weighted by atomic mass is 32.2. The molecule has 1 aromatic heterocycles. The van der Waals surface area contributed by atoms with Crippen molar-refractivity contribution in [1.29, 1.82) is 0 Å². The second kappa shape index (κ2) is 9.81. The highest BCUT2D eigenvalue weighted by molar-refractivity contribution is 8.00. The van der Waals surface area contributed by atoms with E-state index in [1.54, 1.807) is 0 Å². The number of thioether (sulfide) groups is 1. The van der Waals surface area contributed by atoms with Crippen LogP contribution in [0.15, 0.2) is 11.0 Å². The fraction of sp³-hybridized carbons (Fsp3) is 0.773. The lowest BCUT2D eigenvalue weighted by Gasteiger charge is -2.37. The fourth-order valence-electron chi connectivity index (χ4n) is 4.32. The summed E-state index contributed by atoms with van der Waals surface area (Å²) >= 11 is 1.28. The van der Waals surface area contributed by atoms with Gasteiger partial charge in [-0.25, -0.2) is 14.0 Å². The molecule has 1 saturated carbocycles. The number of rotatable bonds is 6. The molecule has 0 N–H and O–H groups in total. The van der Waals surface area contributed by atoms with Gasteiger partial charge in [-0.3, -0.25) is 4.57 Å². The molecule has 1 aliphatic carbocycles. The van der Waals surface area contributed by atoms with E-state index in [9.17, 15) is 14.0 Å². The Bertz CT molecular complexity index is 815. The van der Waals surface area contributed by atoms with Crippen molar-refractivity contribution in [2.24, 2.45) is 17.8 Å². The van der Waals surface area contributed by atoms with Crippen molar-refractivity contribution in [3.63, 3.8) is 0 Å². The Morgan fingerprint density at radius 2 is 2.13 bits per heavy atom. The van der Waals surface area contributed by atoms with Crippen molar-refractivity contribution in [2.45, 2.75) is 84.0 Å². The molecule has 0 radical (unpaired) electrons. The molecule has 1 aromatic rings. The summed E-state index contributed by atoms with van der Waals surface area (Å²) in [6.45, 7) is 10.3. The summed E-state index contributed by atoms with van der Waals surface area (Å²) in [5, 5.41) is 0. The molecule has 30 heavy (non-hydrogen) atoms. The van der Waals surface area contributed by atoms with Gasteiger partial charge in [0.2, 0.25) is 5.44 Å². The zero-order chi connectivity index (χ0) is 22.0. The molecule has 3 rings (SSSR count). The quantitative estimate of drug-likeness (QED) is 0.607. The van der Waals surface area contributed by atoms with Gasteiger partial charge < -0.3 is 9.47 Å². The maximum Gasteiger partial charge on any atom is 0.350 e. The molecule has 0 bridgehead atoms. The van der Waals surface area contributed by atoms with E-state index in [2.05, 4.69) is 25.8 Å². The van der Waals surface area contributed by atoms with Crippen LogP contribution < -0.4 is 5.69 Å². The smallest absolute Gasteiger partial charge is 0.350 e. The van der Waals surface area contributed by atoms with Gasteiger partial charge in [0.1, 0.15) is 12.3 Å². The first-order valence-corrected chi connectivity index (χ1v) is 12.0. The van der Waals surface area contributed by atoms with Crippen LogP contribution in [0.4, 0.5) is 4.39 Å². The summed E-state index contributed by atoms with van der Waals surface area (Å²) < 4.78 is 27.2. The van der Waals surface area contributed by atoms with Gasteiger partial charge in [-0.2, -0.15) is 4.98 Å². The third-order valence-corrected chi connectivity index (χ3v) is 7.50. The van der Waals surface area contributed by atoms with E-state index in [1.807, 2.05) is 13.8 Å². The first-order chi connectivity index (χ1) is 14.2. The van der Waals surface area contributed by atoms with Gasteiger partial charge >= 0.3 is 11.7 Å². The molecule has 0 aromatic carbocycles. The maximum atomic E-state index is 14.5. The Kier molecular flexibility index (Phi) is 7.61. The molecular formula is C22H33FN2O4S. The Hall–Kier alpha value is -1.41. The van der Waals surface area contributed by atoms with Crippen LogP contribution in [0.1, 0.15) is 78.1 Å². The standard InChI is InChI=1S/C22H33FN2O4S/c1-6-14(5)19-16(23)10-25(22(27)24-19)18-11-30-21(29-18)20(26)28-17-9-13(4)7-8-15(17)12(2)3/h10,12-15,17-18,21H,6-9,11H2,1-5H3. The van der Waals surface area contributed by atoms with Crippen molar-refractivity contribution >= 4 is 17.7 Å². The molecule has 1 saturated heterocycles. The van der Waals surface area contributed by atoms with Crippen LogP contribution in [0.2, 0.25) is 0 Å².